The monoisotopic (exact) mass is 494 g/mol. The Kier molecular flexibility index (Phi) is 7.11. The van der Waals surface area contributed by atoms with Gasteiger partial charge in [-0.25, -0.2) is 9.59 Å². The zero-order valence-electron chi connectivity index (χ0n) is 19.7. The third-order valence-corrected chi connectivity index (χ3v) is 6.92. The van der Waals surface area contributed by atoms with E-state index in [0.29, 0.717) is 24.8 Å². The number of ether oxygens (including phenoxy) is 4. The maximum absolute atomic E-state index is 13.0. The third kappa shape index (κ3) is 5.46. The molecule has 1 aromatic carbocycles. The van der Waals surface area contributed by atoms with Gasteiger partial charge in [-0.15, -0.1) is 0 Å². The van der Waals surface area contributed by atoms with Crippen LogP contribution in [0.1, 0.15) is 56.8 Å². The molecule has 190 valence electrons. The summed E-state index contributed by atoms with van der Waals surface area (Å²) in [5, 5.41) is 0. The molecule has 5 atom stereocenters. The molecule has 4 rings (SSSR count). The normalized spacial score (nSPS) is 29.4. The van der Waals surface area contributed by atoms with E-state index in [2.05, 4.69) is 6.58 Å². The summed E-state index contributed by atoms with van der Waals surface area (Å²) in [5.41, 5.74) is 0.446. The predicted molar refractivity (Wildman–Crippen MR) is 119 cm³/mol. The molecule has 1 aliphatic carbocycles. The number of hydrogen-bond donors (Lipinski definition) is 0. The Morgan fingerprint density at radius 2 is 2.00 bits per heavy atom. The highest BCUT2D eigenvalue weighted by Gasteiger charge is 2.61. The highest BCUT2D eigenvalue weighted by Crippen LogP contribution is 2.49. The summed E-state index contributed by atoms with van der Waals surface area (Å²) in [6.45, 7) is 7.75. The van der Waals surface area contributed by atoms with E-state index in [0.717, 1.165) is 24.1 Å². The van der Waals surface area contributed by atoms with Gasteiger partial charge in [-0.3, -0.25) is 0 Å². The molecule has 1 aromatic rings. The van der Waals surface area contributed by atoms with Crippen LogP contribution in [0.15, 0.2) is 48.1 Å². The van der Waals surface area contributed by atoms with Gasteiger partial charge in [0.05, 0.1) is 24.4 Å². The number of halogens is 3. The first-order valence-corrected chi connectivity index (χ1v) is 11.7. The quantitative estimate of drug-likeness (QED) is 0.238. The summed E-state index contributed by atoms with van der Waals surface area (Å²) in [5.74, 6) is -1.24. The minimum absolute atomic E-state index is 0.0875. The number of epoxide rings is 1. The highest BCUT2D eigenvalue weighted by molar-refractivity contribution is 5.91. The van der Waals surface area contributed by atoms with Crippen molar-refractivity contribution in [3.8, 4) is 0 Å². The molecule has 0 radical (unpaired) electrons. The van der Waals surface area contributed by atoms with Crippen LogP contribution in [0, 0.1) is 5.92 Å². The molecular formula is C26H29F3O6. The molecule has 0 saturated carbocycles. The van der Waals surface area contributed by atoms with Crippen LogP contribution in [0.25, 0.3) is 0 Å². The smallest absolute Gasteiger partial charge is 0.416 e. The largest absolute Gasteiger partial charge is 0.464 e. The van der Waals surface area contributed by atoms with E-state index in [1.165, 1.54) is 12.1 Å². The van der Waals surface area contributed by atoms with Gasteiger partial charge in [-0.2, -0.15) is 13.2 Å². The van der Waals surface area contributed by atoms with Crippen molar-refractivity contribution in [2.24, 2.45) is 5.92 Å². The number of esters is 2. The zero-order valence-corrected chi connectivity index (χ0v) is 19.7. The second kappa shape index (κ2) is 9.78. The molecule has 1 unspecified atom stereocenters. The van der Waals surface area contributed by atoms with Crippen LogP contribution in [0.3, 0.4) is 0 Å². The lowest BCUT2D eigenvalue weighted by atomic mass is 9.84. The van der Waals surface area contributed by atoms with Crippen LogP contribution in [0.4, 0.5) is 13.2 Å². The first-order valence-electron chi connectivity index (χ1n) is 11.7. The third-order valence-electron chi connectivity index (χ3n) is 6.92. The van der Waals surface area contributed by atoms with E-state index in [9.17, 15) is 22.8 Å². The molecule has 2 fully saturated rings. The van der Waals surface area contributed by atoms with E-state index in [4.69, 9.17) is 18.9 Å². The number of alkyl halides is 3. The Morgan fingerprint density at radius 3 is 2.66 bits per heavy atom. The van der Waals surface area contributed by atoms with Gasteiger partial charge in [0.2, 0.25) is 0 Å². The van der Waals surface area contributed by atoms with E-state index >= 15 is 0 Å². The summed E-state index contributed by atoms with van der Waals surface area (Å²) >= 11 is 0. The molecule has 0 aromatic heterocycles. The summed E-state index contributed by atoms with van der Waals surface area (Å²) in [7, 11) is 0. The highest BCUT2D eigenvalue weighted by atomic mass is 19.4. The second-order valence-electron chi connectivity index (χ2n) is 9.36. The molecule has 2 heterocycles. The molecule has 9 heteroatoms. The van der Waals surface area contributed by atoms with Gasteiger partial charge >= 0.3 is 18.1 Å². The van der Waals surface area contributed by atoms with E-state index < -0.39 is 29.8 Å². The summed E-state index contributed by atoms with van der Waals surface area (Å²) in [4.78, 5) is 24.7. The van der Waals surface area contributed by atoms with E-state index in [1.54, 1.807) is 6.92 Å². The van der Waals surface area contributed by atoms with Crippen molar-refractivity contribution in [1.29, 1.82) is 0 Å². The van der Waals surface area contributed by atoms with Gasteiger partial charge in [-0.05, 0) is 62.8 Å². The molecule has 2 saturated heterocycles. The van der Waals surface area contributed by atoms with Gasteiger partial charge in [0.1, 0.15) is 12.2 Å². The Balaban J connectivity index is 1.49. The maximum Gasteiger partial charge on any atom is 0.416 e. The number of rotatable bonds is 6. The average molecular weight is 495 g/mol. The number of allylic oxidation sites excluding steroid dienone is 1. The molecule has 0 spiro atoms. The fourth-order valence-electron chi connectivity index (χ4n) is 4.81. The topological polar surface area (TPSA) is 74.4 Å². The molecule has 0 bridgehead atoms. The van der Waals surface area contributed by atoms with Crippen LogP contribution >= 0.6 is 0 Å². The summed E-state index contributed by atoms with van der Waals surface area (Å²) < 4.78 is 61.3. The Morgan fingerprint density at radius 1 is 1.29 bits per heavy atom. The van der Waals surface area contributed by atoms with Gasteiger partial charge in [0.25, 0.3) is 0 Å². The number of hydrogen-bond acceptors (Lipinski definition) is 6. The van der Waals surface area contributed by atoms with Crippen LogP contribution < -0.4 is 0 Å². The SMILES string of the molecule is C=C1C(=O)O[C@@H]2[C@H]3O[C@]3(C)CCC=C(COC(C(=O)OCC)c3ccc(C(F)(F)F)cc3)CC[C@@H]12. The Bertz CT molecular complexity index is 1010. The van der Waals surface area contributed by atoms with Crippen LogP contribution in [0.2, 0.25) is 0 Å². The minimum Gasteiger partial charge on any atom is -0.464 e. The number of fused-ring (bicyclic) bond motifs is 3. The predicted octanol–water partition coefficient (Wildman–Crippen LogP) is 5.08. The number of carbonyl (C=O) groups excluding carboxylic acids is 2. The van der Waals surface area contributed by atoms with Gasteiger partial charge < -0.3 is 18.9 Å². The average Bonchev–Trinajstić information content (AvgIpc) is 3.39. The maximum atomic E-state index is 13.0. The van der Waals surface area contributed by atoms with E-state index in [1.807, 2.05) is 13.0 Å². The van der Waals surface area contributed by atoms with Crippen molar-refractivity contribution in [2.45, 2.75) is 69.6 Å². The van der Waals surface area contributed by atoms with Crippen molar-refractivity contribution < 1.29 is 41.7 Å². The van der Waals surface area contributed by atoms with Crippen molar-refractivity contribution in [3.63, 3.8) is 0 Å². The fraction of sp³-hybridized carbons (Fsp3) is 0.538. The lowest BCUT2D eigenvalue weighted by molar-refractivity contribution is -0.156. The zero-order chi connectivity index (χ0) is 25.4. The molecular weight excluding hydrogens is 465 g/mol. The lowest BCUT2D eigenvalue weighted by Crippen LogP contribution is -2.29. The molecule has 6 nitrogen and oxygen atoms in total. The van der Waals surface area contributed by atoms with E-state index in [-0.39, 0.29) is 42.5 Å². The standard InChI is InChI=1S/C26H29F3O6/c1-4-32-24(31)20(17-8-10-18(11-9-17)26(27,28)29)33-14-16-6-5-13-25(3)22(35-25)21-19(12-7-16)15(2)23(30)34-21/h6,8-11,19-22H,2,4-5,7,12-14H2,1,3H3/t19-,20?,21-,22+,25+/m0/s1. The van der Waals surface area contributed by atoms with Gasteiger partial charge in [-0.1, -0.05) is 24.8 Å². The first-order chi connectivity index (χ1) is 16.5. The molecule has 0 amide bonds. The molecule has 2 aliphatic heterocycles. The second-order valence-corrected chi connectivity index (χ2v) is 9.36. The van der Waals surface area contributed by atoms with Crippen molar-refractivity contribution in [2.75, 3.05) is 13.2 Å². The number of benzene rings is 1. The van der Waals surface area contributed by atoms with Crippen LogP contribution in [0.5, 0.6) is 0 Å². The minimum atomic E-state index is -4.48. The molecule has 3 aliphatic rings. The fourth-order valence-corrected chi connectivity index (χ4v) is 4.81. The van der Waals surface area contributed by atoms with Gasteiger partial charge in [0.15, 0.2) is 6.10 Å². The molecule has 35 heavy (non-hydrogen) atoms. The van der Waals surface area contributed by atoms with Crippen molar-refractivity contribution >= 4 is 11.9 Å². The van der Waals surface area contributed by atoms with Crippen molar-refractivity contribution in [3.05, 3.63) is 59.2 Å². The molecule has 0 N–H and O–H groups in total. The Labute approximate surface area is 202 Å². The lowest BCUT2D eigenvalue weighted by Gasteiger charge is -2.22. The summed E-state index contributed by atoms with van der Waals surface area (Å²) in [6.07, 6.45) is -1.48. The summed E-state index contributed by atoms with van der Waals surface area (Å²) in [6, 6.07) is 4.30. The first kappa shape index (κ1) is 25.4. The van der Waals surface area contributed by atoms with Crippen molar-refractivity contribution in [1.82, 2.24) is 0 Å². The Hall–Kier alpha value is -2.65. The van der Waals surface area contributed by atoms with Gasteiger partial charge in [0, 0.05) is 11.5 Å². The van der Waals surface area contributed by atoms with Crippen LogP contribution in [-0.2, 0) is 34.7 Å². The van der Waals surface area contributed by atoms with Crippen LogP contribution in [-0.4, -0.2) is 43.0 Å². The number of carbonyl (C=O) groups is 2.